The number of amides is 1. The number of ether oxygens (including phenoxy) is 3. The largest absolute Gasteiger partial charge is 0.573 e. The minimum atomic E-state index is -4.96. The number of Topliss-reactive ketones (excluding diaryl/α,β-unsaturated/α-hetero) is 1. The predicted octanol–water partition coefficient (Wildman–Crippen LogP) is 5.54. The summed E-state index contributed by atoms with van der Waals surface area (Å²) in [6.45, 7) is 1.80. The van der Waals surface area contributed by atoms with Crippen molar-refractivity contribution in [2.24, 2.45) is 0 Å². The molecule has 3 aromatic rings. The Morgan fingerprint density at radius 3 is 2.14 bits per heavy atom. The van der Waals surface area contributed by atoms with Crippen LogP contribution in [0.4, 0.5) is 18.9 Å². The molecule has 1 aliphatic heterocycles. The Morgan fingerprint density at radius 2 is 1.54 bits per heavy atom. The molecule has 10 heteroatoms. The van der Waals surface area contributed by atoms with Crippen molar-refractivity contribution in [1.82, 2.24) is 0 Å². The van der Waals surface area contributed by atoms with Crippen molar-refractivity contribution < 1.29 is 42.1 Å². The van der Waals surface area contributed by atoms with Crippen LogP contribution in [-0.2, 0) is 9.59 Å². The maximum absolute atomic E-state index is 13.4. The smallest absolute Gasteiger partial charge is 0.506 e. The lowest BCUT2D eigenvalue weighted by Gasteiger charge is -2.26. The van der Waals surface area contributed by atoms with E-state index in [-0.39, 0.29) is 28.3 Å². The van der Waals surface area contributed by atoms with Crippen LogP contribution in [0, 0.1) is 6.92 Å². The maximum atomic E-state index is 13.4. The molecule has 1 heterocycles. The molecule has 0 radical (unpaired) electrons. The van der Waals surface area contributed by atoms with Crippen molar-refractivity contribution in [3.8, 4) is 17.2 Å². The highest BCUT2D eigenvalue weighted by Crippen LogP contribution is 2.45. The molecule has 7 nitrogen and oxygen atoms in total. The van der Waals surface area contributed by atoms with E-state index in [9.17, 15) is 27.9 Å². The van der Waals surface area contributed by atoms with Crippen molar-refractivity contribution in [1.29, 1.82) is 0 Å². The molecule has 4 rings (SSSR count). The number of aliphatic hydroxyl groups excluding tert-OH is 1. The molecule has 37 heavy (non-hydrogen) atoms. The van der Waals surface area contributed by atoms with E-state index in [1.54, 1.807) is 49.4 Å². The Morgan fingerprint density at radius 1 is 0.919 bits per heavy atom. The van der Waals surface area contributed by atoms with Gasteiger partial charge in [0.25, 0.3) is 11.7 Å². The summed E-state index contributed by atoms with van der Waals surface area (Å²) in [6.07, 6.45) is -4.96. The number of ketones is 1. The minimum Gasteiger partial charge on any atom is -0.506 e. The van der Waals surface area contributed by atoms with Gasteiger partial charge in [0.2, 0.25) is 0 Å². The molecule has 192 valence electrons. The zero-order chi connectivity index (χ0) is 26.9. The third-order valence-corrected chi connectivity index (χ3v) is 5.80. The molecule has 1 amide bonds. The highest BCUT2D eigenvalue weighted by molar-refractivity contribution is 6.51. The molecule has 3 aromatic carbocycles. The first-order valence-corrected chi connectivity index (χ1v) is 11.0. The van der Waals surface area contributed by atoms with Crippen LogP contribution in [0.2, 0.25) is 0 Å². The topological polar surface area (TPSA) is 85.3 Å². The Labute approximate surface area is 210 Å². The summed E-state index contributed by atoms with van der Waals surface area (Å²) >= 11 is 0. The van der Waals surface area contributed by atoms with E-state index < -0.39 is 35.6 Å². The number of rotatable bonds is 6. The summed E-state index contributed by atoms with van der Waals surface area (Å²) in [4.78, 5) is 27.8. The van der Waals surface area contributed by atoms with Gasteiger partial charge in [-0.1, -0.05) is 42.0 Å². The lowest BCUT2D eigenvalue weighted by atomic mass is 9.93. The van der Waals surface area contributed by atoms with E-state index in [0.717, 1.165) is 22.6 Å². The lowest BCUT2D eigenvalue weighted by Crippen LogP contribution is -2.29. The Bertz CT molecular complexity index is 1380. The highest BCUT2D eigenvalue weighted by Gasteiger charge is 2.47. The zero-order valence-corrected chi connectivity index (χ0v) is 20.0. The van der Waals surface area contributed by atoms with Crippen LogP contribution in [0.25, 0.3) is 5.76 Å². The third-order valence-electron chi connectivity index (χ3n) is 5.80. The van der Waals surface area contributed by atoms with Crippen LogP contribution in [-0.4, -0.2) is 37.4 Å². The maximum Gasteiger partial charge on any atom is 0.573 e. The first-order valence-electron chi connectivity index (χ1n) is 11.0. The molecule has 0 bridgehead atoms. The van der Waals surface area contributed by atoms with E-state index in [1.807, 2.05) is 0 Å². The molecular weight excluding hydrogens is 491 g/mol. The van der Waals surface area contributed by atoms with Gasteiger partial charge in [-0.15, -0.1) is 13.2 Å². The molecule has 0 aromatic heterocycles. The van der Waals surface area contributed by atoms with Crippen LogP contribution >= 0.6 is 0 Å². The first kappa shape index (κ1) is 25.6. The van der Waals surface area contributed by atoms with E-state index in [4.69, 9.17) is 9.47 Å². The average molecular weight is 513 g/mol. The number of hydrogen-bond donors (Lipinski definition) is 1. The van der Waals surface area contributed by atoms with Gasteiger partial charge >= 0.3 is 6.36 Å². The van der Waals surface area contributed by atoms with Crippen LogP contribution in [0.1, 0.15) is 22.7 Å². The van der Waals surface area contributed by atoms with Crippen molar-refractivity contribution in [2.75, 3.05) is 19.1 Å². The molecular formula is C27H22F3NO6. The number of carbonyl (C=O) groups excluding carboxylic acids is 2. The molecule has 1 atom stereocenters. The summed E-state index contributed by atoms with van der Waals surface area (Å²) in [5.74, 6) is -2.81. The Balaban J connectivity index is 1.98. The van der Waals surface area contributed by atoms with Gasteiger partial charge in [-0.25, -0.2) is 0 Å². The normalized spacial score (nSPS) is 17.1. The SMILES string of the molecule is COc1cccc(OC)c1/C(O)=C1\C(=O)C(=O)N(c2cccc(OC(F)(F)F)c2)C1c1cccc(C)c1. The van der Waals surface area contributed by atoms with E-state index in [2.05, 4.69) is 4.74 Å². The molecule has 0 spiro atoms. The molecule has 1 N–H and O–H groups in total. The number of alkyl halides is 3. The fraction of sp³-hybridized carbons (Fsp3) is 0.185. The Hall–Kier alpha value is -4.47. The van der Waals surface area contributed by atoms with Crippen molar-refractivity contribution >= 4 is 23.1 Å². The molecule has 0 aliphatic carbocycles. The van der Waals surface area contributed by atoms with E-state index in [0.29, 0.717) is 5.56 Å². The predicted molar refractivity (Wildman–Crippen MR) is 129 cm³/mol. The van der Waals surface area contributed by atoms with Crippen LogP contribution in [0.3, 0.4) is 0 Å². The monoisotopic (exact) mass is 513 g/mol. The number of carbonyl (C=O) groups is 2. The number of methoxy groups -OCH3 is 2. The number of aliphatic hydroxyl groups is 1. The van der Waals surface area contributed by atoms with Gasteiger partial charge in [-0.05, 0) is 36.8 Å². The number of halogens is 3. The molecule has 1 unspecified atom stereocenters. The van der Waals surface area contributed by atoms with Crippen molar-refractivity contribution in [2.45, 2.75) is 19.3 Å². The summed E-state index contributed by atoms with van der Waals surface area (Å²) < 4.78 is 53.3. The second-order valence-electron chi connectivity index (χ2n) is 8.17. The van der Waals surface area contributed by atoms with Gasteiger partial charge in [0.1, 0.15) is 28.6 Å². The van der Waals surface area contributed by atoms with Gasteiger partial charge in [-0.2, -0.15) is 0 Å². The van der Waals surface area contributed by atoms with Gasteiger partial charge in [0.05, 0.1) is 25.8 Å². The van der Waals surface area contributed by atoms with Gasteiger partial charge in [-0.3, -0.25) is 14.5 Å². The highest BCUT2D eigenvalue weighted by atomic mass is 19.4. The van der Waals surface area contributed by atoms with Gasteiger partial charge in [0.15, 0.2) is 0 Å². The number of nitrogens with zero attached hydrogens (tertiary/aromatic N) is 1. The molecule has 0 saturated carbocycles. The zero-order valence-electron chi connectivity index (χ0n) is 20.0. The fourth-order valence-corrected chi connectivity index (χ4v) is 4.30. The molecule has 1 fully saturated rings. The van der Waals surface area contributed by atoms with Crippen molar-refractivity contribution in [3.63, 3.8) is 0 Å². The van der Waals surface area contributed by atoms with Crippen LogP contribution in [0.5, 0.6) is 17.2 Å². The van der Waals surface area contributed by atoms with Gasteiger partial charge in [0, 0.05) is 11.8 Å². The summed E-state index contributed by atoms with van der Waals surface area (Å²) in [6, 6.07) is 15.2. The number of aryl methyl sites for hydroxylation is 1. The minimum absolute atomic E-state index is 0.0265. The van der Waals surface area contributed by atoms with Crippen LogP contribution < -0.4 is 19.1 Å². The number of anilines is 1. The summed E-state index contributed by atoms with van der Waals surface area (Å²) in [5, 5.41) is 11.5. The van der Waals surface area contributed by atoms with E-state index >= 15 is 0 Å². The molecule has 1 aliphatic rings. The summed E-state index contributed by atoms with van der Waals surface area (Å²) in [5.41, 5.74) is 1.00. The average Bonchev–Trinajstić information content (AvgIpc) is 3.12. The first-order chi connectivity index (χ1) is 17.6. The second kappa shape index (κ2) is 9.88. The molecule has 1 saturated heterocycles. The number of benzene rings is 3. The van der Waals surface area contributed by atoms with Crippen LogP contribution in [0.15, 0.2) is 72.3 Å². The quantitative estimate of drug-likeness (QED) is 0.265. The third kappa shape index (κ3) is 4.95. The number of hydrogen-bond acceptors (Lipinski definition) is 6. The standard InChI is InChI=1S/C27H22F3NO6/c1-15-7-4-8-16(13-15)23-22(24(32)21-19(35-2)11-6-12-20(21)36-3)25(33)26(34)31(23)17-9-5-10-18(14-17)37-27(28,29)30/h4-14,23,32H,1-3H3/b24-22+. The van der Waals surface area contributed by atoms with E-state index in [1.165, 1.54) is 26.4 Å². The summed E-state index contributed by atoms with van der Waals surface area (Å²) in [7, 11) is 2.74. The second-order valence-corrected chi connectivity index (χ2v) is 8.17. The Kier molecular flexibility index (Phi) is 6.84. The van der Waals surface area contributed by atoms with Gasteiger partial charge < -0.3 is 19.3 Å². The fourth-order valence-electron chi connectivity index (χ4n) is 4.30. The van der Waals surface area contributed by atoms with Crippen molar-refractivity contribution in [3.05, 3.63) is 89.0 Å². The lowest BCUT2D eigenvalue weighted by molar-refractivity contribution is -0.274.